The van der Waals surface area contributed by atoms with Gasteiger partial charge in [-0.25, -0.2) is 9.48 Å². The van der Waals surface area contributed by atoms with E-state index in [0.717, 1.165) is 10.9 Å². The molecule has 256 valence electrons. The van der Waals surface area contributed by atoms with Crippen molar-refractivity contribution in [1.82, 2.24) is 20.1 Å². The summed E-state index contributed by atoms with van der Waals surface area (Å²) < 4.78 is 49.3. The van der Waals surface area contributed by atoms with Crippen LogP contribution in [0.4, 0.5) is 0 Å². The zero-order valence-electron chi connectivity index (χ0n) is 25.5. The first-order chi connectivity index (χ1) is 22.4. The summed E-state index contributed by atoms with van der Waals surface area (Å²) >= 11 is 12.1. The molecule has 0 fully saturated rings. The van der Waals surface area contributed by atoms with Crippen molar-refractivity contribution in [1.29, 1.82) is 0 Å². The Bertz CT molecular complexity index is 1650. The topological polar surface area (TPSA) is 194 Å². The maximum Gasteiger partial charge on any atom is 0.326 e. The van der Waals surface area contributed by atoms with Crippen molar-refractivity contribution in [3.05, 3.63) is 74.4 Å². The number of hydrogen-bond acceptors (Lipinski definition) is 12. The van der Waals surface area contributed by atoms with Crippen LogP contribution >= 0.6 is 23.2 Å². The van der Waals surface area contributed by atoms with Gasteiger partial charge in [0.2, 0.25) is 0 Å². The van der Waals surface area contributed by atoms with Gasteiger partial charge in [0.1, 0.15) is 12.6 Å². The molecule has 1 amide bonds. The summed E-state index contributed by atoms with van der Waals surface area (Å²) in [6, 6.07) is 5.28. The summed E-state index contributed by atoms with van der Waals surface area (Å²) in [5.74, 6) is -1.79. The lowest BCUT2D eigenvalue weighted by Gasteiger charge is -2.16. The Morgan fingerprint density at radius 1 is 0.915 bits per heavy atom. The number of ether oxygens (including phenoxy) is 4. The number of hydrogen-bond donors (Lipinski definition) is 2. The number of carbonyl (C=O) groups is 2. The second-order valence-electron chi connectivity index (χ2n) is 9.77. The highest BCUT2D eigenvalue weighted by molar-refractivity contribution is 7.85. The van der Waals surface area contributed by atoms with Gasteiger partial charge < -0.3 is 29.4 Å². The SMILES string of the molecule is Cn1ncc(OCCOCCOCCOCCOS(C)(=O)=O)c(-c2ccc(C[C@H](NC(=O)c3c(Cl)cncc3Cl)C(=O)O)cc2)c1=O. The summed E-state index contributed by atoms with van der Waals surface area (Å²) in [6.07, 6.45) is 4.78. The molecule has 0 bridgehead atoms. The van der Waals surface area contributed by atoms with Gasteiger partial charge in [-0.2, -0.15) is 13.5 Å². The van der Waals surface area contributed by atoms with Crippen LogP contribution in [0.2, 0.25) is 10.0 Å². The molecule has 47 heavy (non-hydrogen) atoms. The van der Waals surface area contributed by atoms with Gasteiger partial charge in [-0.15, -0.1) is 0 Å². The Kier molecular flexibility index (Phi) is 15.0. The third-order valence-electron chi connectivity index (χ3n) is 6.22. The first-order valence-corrected chi connectivity index (χ1v) is 16.6. The van der Waals surface area contributed by atoms with E-state index in [1.165, 1.54) is 25.6 Å². The predicted octanol–water partition coefficient (Wildman–Crippen LogP) is 1.98. The van der Waals surface area contributed by atoms with Crippen molar-refractivity contribution in [2.24, 2.45) is 7.05 Å². The number of aromatic nitrogens is 3. The fraction of sp³-hybridized carbons (Fsp3) is 0.414. The van der Waals surface area contributed by atoms with Crippen molar-refractivity contribution in [2.75, 3.05) is 59.1 Å². The van der Waals surface area contributed by atoms with Crippen LogP contribution in [-0.4, -0.2) is 105 Å². The molecule has 0 aliphatic carbocycles. The Labute approximate surface area is 280 Å². The van der Waals surface area contributed by atoms with E-state index in [0.29, 0.717) is 24.3 Å². The highest BCUT2D eigenvalue weighted by atomic mass is 35.5. The second kappa shape index (κ2) is 18.6. The third kappa shape index (κ3) is 12.5. The van der Waals surface area contributed by atoms with Crippen LogP contribution in [0, 0.1) is 0 Å². The van der Waals surface area contributed by atoms with E-state index in [1.807, 2.05) is 0 Å². The van der Waals surface area contributed by atoms with Gasteiger partial charge >= 0.3 is 5.97 Å². The van der Waals surface area contributed by atoms with Crippen LogP contribution in [0.5, 0.6) is 5.75 Å². The zero-order chi connectivity index (χ0) is 34.4. The summed E-state index contributed by atoms with van der Waals surface area (Å²) in [5, 5.41) is 16.2. The van der Waals surface area contributed by atoms with Gasteiger partial charge in [0.25, 0.3) is 21.6 Å². The maximum absolute atomic E-state index is 13.0. The molecule has 0 radical (unpaired) electrons. The molecule has 0 spiro atoms. The minimum Gasteiger partial charge on any atom is -0.489 e. The minimum absolute atomic E-state index is 0.0166. The average Bonchev–Trinajstić information content (AvgIpc) is 3.00. The molecule has 1 atom stereocenters. The van der Waals surface area contributed by atoms with E-state index in [4.69, 9.17) is 42.1 Å². The number of aryl methyl sites for hydroxylation is 1. The van der Waals surface area contributed by atoms with Crippen LogP contribution in [-0.2, 0) is 46.8 Å². The molecule has 1 aromatic carbocycles. The monoisotopic (exact) mass is 716 g/mol. The van der Waals surface area contributed by atoms with Crippen LogP contribution in [0.15, 0.2) is 47.7 Å². The highest BCUT2D eigenvalue weighted by Crippen LogP contribution is 2.27. The number of nitrogens with zero attached hydrogens (tertiary/aromatic N) is 3. The number of pyridine rings is 1. The molecular formula is C29H34Cl2N4O11S. The Morgan fingerprint density at radius 3 is 2.02 bits per heavy atom. The van der Waals surface area contributed by atoms with Crippen molar-refractivity contribution in [3.63, 3.8) is 0 Å². The molecule has 2 aromatic heterocycles. The summed E-state index contributed by atoms with van der Waals surface area (Å²) in [6.45, 7) is 1.52. The number of carboxylic acid groups (broad SMARTS) is 1. The first kappa shape index (κ1) is 37.8. The number of aliphatic carboxylic acids is 1. The fourth-order valence-corrected chi connectivity index (χ4v) is 4.90. The van der Waals surface area contributed by atoms with Crippen LogP contribution < -0.4 is 15.6 Å². The van der Waals surface area contributed by atoms with Gasteiger partial charge in [-0.05, 0) is 11.1 Å². The van der Waals surface area contributed by atoms with Gasteiger partial charge in [0.05, 0.1) is 79.9 Å². The number of amides is 1. The average molecular weight is 718 g/mol. The Morgan fingerprint density at radius 2 is 1.47 bits per heavy atom. The standard InChI is InChI=1S/C29H34Cl2N4O11S/c1-35-28(37)25(24(18-33-35)45-13-11-43-9-7-42-8-10-44-12-14-46-47(2,40)41)20-5-3-19(4-6-20)15-23(29(38)39)34-27(36)26-21(30)16-32-17-22(26)31/h3-6,16-18,23H,7-15H2,1-2H3,(H,34,36)(H,38,39)/t23-/m0/s1. The molecule has 3 rings (SSSR count). The minimum atomic E-state index is -3.49. The summed E-state index contributed by atoms with van der Waals surface area (Å²) in [5.41, 5.74) is 0.853. The molecule has 0 saturated heterocycles. The van der Waals surface area contributed by atoms with E-state index < -0.39 is 33.6 Å². The number of halogens is 2. The third-order valence-corrected chi connectivity index (χ3v) is 7.39. The first-order valence-electron chi connectivity index (χ1n) is 14.1. The normalized spacial score (nSPS) is 12.1. The molecular weight excluding hydrogens is 683 g/mol. The lowest BCUT2D eigenvalue weighted by molar-refractivity contribution is -0.139. The van der Waals surface area contributed by atoms with Crippen molar-refractivity contribution < 1.29 is 46.2 Å². The lowest BCUT2D eigenvalue weighted by atomic mass is 10.0. The maximum atomic E-state index is 13.0. The van der Waals surface area contributed by atoms with Crippen LogP contribution in [0.3, 0.4) is 0 Å². The molecule has 2 heterocycles. The van der Waals surface area contributed by atoms with Gasteiger partial charge in [-0.1, -0.05) is 47.5 Å². The number of rotatable bonds is 20. The van der Waals surface area contributed by atoms with E-state index in [-0.39, 0.29) is 73.0 Å². The summed E-state index contributed by atoms with van der Waals surface area (Å²) in [4.78, 5) is 41.4. The quantitative estimate of drug-likeness (QED) is 0.127. The Hall–Kier alpha value is -3.64. The number of nitrogens with one attached hydrogen (secondary N) is 1. The van der Waals surface area contributed by atoms with E-state index in [1.54, 1.807) is 24.3 Å². The van der Waals surface area contributed by atoms with E-state index in [2.05, 4.69) is 19.6 Å². The smallest absolute Gasteiger partial charge is 0.326 e. The Balaban J connectivity index is 1.50. The molecule has 2 N–H and O–H groups in total. The predicted molar refractivity (Wildman–Crippen MR) is 171 cm³/mol. The second-order valence-corrected chi connectivity index (χ2v) is 12.2. The van der Waals surface area contributed by atoms with Gasteiger partial charge in [0.15, 0.2) is 5.75 Å². The molecule has 3 aromatic rings. The molecule has 0 aliphatic heterocycles. The molecule has 18 heteroatoms. The van der Waals surface area contributed by atoms with E-state index in [9.17, 15) is 27.9 Å². The highest BCUT2D eigenvalue weighted by Gasteiger charge is 2.24. The van der Waals surface area contributed by atoms with Crippen LogP contribution in [0.1, 0.15) is 15.9 Å². The molecule has 15 nitrogen and oxygen atoms in total. The lowest BCUT2D eigenvalue weighted by Crippen LogP contribution is -2.42. The van der Waals surface area contributed by atoms with E-state index >= 15 is 0 Å². The number of carboxylic acids is 1. The van der Waals surface area contributed by atoms with Gasteiger partial charge in [0, 0.05) is 25.9 Å². The molecule has 0 unspecified atom stereocenters. The number of benzene rings is 1. The zero-order valence-corrected chi connectivity index (χ0v) is 27.8. The van der Waals surface area contributed by atoms with Crippen molar-refractivity contribution >= 4 is 45.2 Å². The van der Waals surface area contributed by atoms with Crippen molar-refractivity contribution in [3.8, 4) is 16.9 Å². The van der Waals surface area contributed by atoms with Gasteiger partial charge in [-0.3, -0.25) is 18.8 Å². The van der Waals surface area contributed by atoms with Crippen molar-refractivity contribution in [2.45, 2.75) is 12.5 Å². The largest absolute Gasteiger partial charge is 0.489 e. The summed E-state index contributed by atoms with van der Waals surface area (Å²) in [7, 11) is -1.98. The molecule has 0 saturated carbocycles. The van der Waals surface area contributed by atoms with Crippen LogP contribution in [0.25, 0.3) is 11.1 Å². The molecule has 0 aliphatic rings. The number of carbonyl (C=O) groups excluding carboxylic acids is 1. The fourth-order valence-electron chi connectivity index (χ4n) is 4.00.